The van der Waals surface area contributed by atoms with Gasteiger partial charge in [-0.1, -0.05) is 356 Å². The molecular weight excluding hydrogens is 1440 g/mol. The van der Waals surface area contributed by atoms with Crippen molar-refractivity contribution < 1.29 is 34.3 Å². The summed E-state index contributed by atoms with van der Waals surface area (Å²) in [6, 6.07) is 20.9. The van der Waals surface area contributed by atoms with E-state index in [-0.39, 0.29) is 146 Å². The number of hydrogen-bond donors (Lipinski definition) is 0. The number of nitrogens with zero attached hydrogens (tertiary/aromatic N) is 4. The van der Waals surface area contributed by atoms with Crippen LogP contribution in [0.3, 0.4) is 0 Å². The SMILES string of the molecule is [2H]c1c([2H])c(C(C)(C)C)c([2H])c([2H])c1-c1c([2H])c(C(C)(C)C)c([2H])c(-c2c([2H])c(C(C)(C)C)c([2H])c([2H])c2C(C)(C)C)c1N1c2cc(-n3c4c([2H])c([2H])c([2H])c([2H])c4c4c([2H])c([2H])c([2H])c([2H])c43)ccc2B2c3ccc(-n4c5c([2H])c([2H])c([2H])c([2H])c5c5c([2H])c([2H])c([2H])c([2H])c54)cc3N(c3c(-c4ccc(C(C)(C)C)cc4)cc(C(C)(C)C)cc3-c3cc(C(C)(C)C)cc(C(C)(C)C)c3)c3cc(C(C)(C)C)cc1c32. The molecule has 0 aliphatic carbocycles. The lowest BCUT2D eigenvalue weighted by Gasteiger charge is -2.47. The van der Waals surface area contributed by atoms with Crippen LogP contribution in [0, 0.1) is 0 Å². The van der Waals surface area contributed by atoms with Gasteiger partial charge in [-0.2, -0.15) is 0 Å². The zero-order valence-corrected chi connectivity index (χ0v) is 74.2. The molecule has 0 fully saturated rings. The van der Waals surface area contributed by atoms with Gasteiger partial charge in [0.15, 0.2) is 0 Å². The molecular formula is C114H123BN4. The van der Waals surface area contributed by atoms with Crippen molar-refractivity contribution in [1.82, 2.24) is 9.13 Å². The minimum Gasteiger partial charge on any atom is -0.310 e. The van der Waals surface area contributed by atoms with Crippen molar-refractivity contribution in [2.45, 2.75) is 236 Å². The monoisotopic (exact) mass is 1580 g/mol. The van der Waals surface area contributed by atoms with Crippen LogP contribution in [0.15, 0.2) is 254 Å². The summed E-state index contributed by atoms with van der Waals surface area (Å²) in [5.74, 6) is 0. The molecule has 13 aromatic carbocycles. The molecule has 4 nitrogen and oxygen atoms in total. The van der Waals surface area contributed by atoms with Crippen LogP contribution in [0.2, 0.25) is 0 Å². The fourth-order valence-electron chi connectivity index (χ4n) is 16.9. The highest BCUT2D eigenvalue weighted by Crippen LogP contribution is 2.58. The Morgan fingerprint density at radius 3 is 1.00 bits per heavy atom. The van der Waals surface area contributed by atoms with Crippen LogP contribution in [0.1, 0.15) is 271 Å². The highest BCUT2D eigenvalue weighted by molar-refractivity contribution is 7.00. The first-order valence-electron chi connectivity index (χ1n) is 54.1. The number of rotatable bonds is 8. The van der Waals surface area contributed by atoms with Gasteiger partial charge in [-0.05, 0) is 222 Å². The minimum absolute atomic E-state index is 0.0136. The molecule has 2 aromatic heterocycles. The number of hydrogen-bond acceptors (Lipinski definition) is 2. The average Bonchev–Trinajstić information content (AvgIpc) is 0.747. The summed E-state index contributed by atoms with van der Waals surface area (Å²) < 4.78 is 256. The van der Waals surface area contributed by atoms with Crippen molar-refractivity contribution in [1.29, 1.82) is 0 Å². The molecule has 4 heterocycles. The zero-order chi connectivity index (χ0) is 107. The largest absolute Gasteiger partial charge is 0.310 e. The van der Waals surface area contributed by atoms with Gasteiger partial charge in [0.2, 0.25) is 0 Å². The van der Waals surface area contributed by atoms with Crippen LogP contribution >= 0.6 is 0 Å². The number of fused-ring (bicyclic) bond motifs is 10. The predicted molar refractivity (Wildman–Crippen MR) is 519 cm³/mol. The van der Waals surface area contributed by atoms with E-state index in [9.17, 15) is 34.3 Å². The topological polar surface area (TPSA) is 16.3 Å². The predicted octanol–water partition coefficient (Wildman–Crippen LogP) is 30.3. The first-order valence-corrected chi connectivity index (χ1v) is 41.6. The molecule has 0 saturated heterocycles. The second kappa shape index (κ2) is 27.9. The highest BCUT2D eigenvalue weighted by Gasteiger charge is 2.47. The maximum Gasteiger partial charge on any atom is 0.252 e. The molecule has 0 amide bonds. The first-order chi connectivity index (χ1) is 66.1. The third-order valence-electron chi connectivity index (χ3n) is 23.9. The van der Waals surface area contributed by atoms with E-state index in [0.29, 0.717) is 44.6 Å². The van der Waals surface area contributed by atoms with E-state index in [2.05, 4.69) is 149 Å². The Hall–Kier alpha value is -10.9. The van der Waals surface area contributed by atoms with E-state index in [1.54, 1.807) is 45.0 Å². The third kappa shape index (κ3) is 14.1. The van der Waals surface area contributed by atoms with Crippen molar-refractivity contribution in [2.24, 2.45) is 0 Å². The molecule has 0 N–H and O–H groups in total. The second-order valence-corrected chi connectivity index (χ2v) is 42.1. The molecule has 17 rings (SSSR count). The second-order valence-electron chi connectivity index (χ2n) is 42.1. The summed E-state index contributed by atoms with van der Waals surface area (Å²) in [6.07, 6.45) is 0. The summed E-state index contributed by atoms with van der Waals surface area (Å²) in [4.78, 5) is 4.06. The van der Waals surface area contributed by atoms with Gasteiger partial charge in [-0.3, -0.25) is 0 Å². The van der Waals surface area contributed by atoms with Gasteiger partial charge in [0.1, 0.15) is 0 Å². The quantitative estimate of drug-likeness (QED) is 0.141. The number of benzene rings is 13. The van der Waals surface area contributed by atoms with Crippen molar-refractivity contribution in [3.8, 4) is 55.9 Å². The normalized spacial score (nSPS) is 16.7. The average molecular weight is 1590 g/mol. The third-order valence-corrected chi connectivity index (χ3v) is 23.9. The Balaban J connectivity index is 1.22. The lowest BCUT2D eigenvalue weighted by Crippen LogP contribution is -2.61. The van der Waals surface area contributed by atoms with E-state index in [4.69, 9.17) is 0 Å². The van der Waals surface area contributed by atoms with Crippen LogP contribution in [0.25, 0.3) is 99.5 Å². The summed E-state index contributed by atoms with van der Waals surface area (Å²) in [6.45, 7) is 52.8. The summed E-state index contributed by atoms with van der Waals surface area (Å²) in [5.41, 5.74) is 1.78. The zero-order valence-electron chi connectivity index (χ0n) is 99.2. The smallest absolute Gasteiger partial charge is 0.252 e. The van der Waals surface area contributed by atoms with Crippen LogP contribution in [0.4, 0.5) is 34.1 Å². The van der Waals surface area contributed by atoms with Crippen LogP contribution < -0.4 is 26.2 Å². The Morgan fingerprint density at radius 2 is 0.597 bits per heavy atom. The van der Waals surface area contributed by atoms with E-state index >= 15 is 0 Å². The molecule has 2 aliphatic rings. The van der Waals surface area contributed by atoms with Gasteiger partial charge in [0.05, 0.1) is 67.7 Å². The van der Waals surface area contributed by atoms with Crippen molar-refractivity contribution >= 4 is 101 Å². The standard InChI is InChI=1S/C114H123BN4/c1-106(2,3)73-48-44-70(45-49-73)87-62-78(111(16,17)18)64-89(72-58-76(109(10,11)12)60-77(59-72)110(13,14)15)104(87)118-99-68-81(116-95-40-32-28-36-83(95)84-37-29-33-41-96(84)116)53-56-93(99)115-94-57-54-82(117-97-42-34-30-38-85(97)86-39-31-35-43-98(86)117)69-100(94)119(102-67-80(113(22,23)24)66-101(118)103(102)115)105-88(71-46-50-74(51-47-71)107(4,5)6)63-79(112(19,20)21)65-91(105)90-61-75(108(7,8)9)52-55-92(90)114(25,26)27/h28-69H,1-27H3/i28D,29D,30D,31D,32D,33D,34D,35D,36D,37D,38D,39D,40D,41D,42D,43D,46D,47D,50D,51D,52D,55D,61D,63D,65D. The van der Waals surface area contributed by atoms with Gasteiger partial charge in [0.25, 0.3) is 6.71 Å². The Morgan fingerprint density at radius 1 is 0.244 bits per heavy atom. The van der Waals surface area contributed by atoms with Crippen LogP contribution in [-0.2, 0) is 48.7 Å². The molecule has 119 heavy (non-hydrogen) atoms. The fourth-order valence-corrected chi connectivity index (χ4v) is 16.9. The summed E-state index contributed by atoms with van der Waals surface area (Å²) in [5, 5.41) is -0.824. The Kier molecular flexibility index (Phi) is 13.1. The number of anilines is 6. The molecule has 2 aliphatic heterocycles. The molecule has 15 aromatic rings. The number of aromatic nitrogens is 2. The van der Waals surface area contributed by atoms with Crippen molar-refractivity contribution in [3.63, 3.8) is 0 Å². The van der Waals surface area contributed by atoms with Gasteiger partial charge < -0.3 is 18.9 Å². The molecule has 0 atom stereocenters. The van der Waals surface area contributed by atoms with E-state index in [1.165, 1.54) is 9.13 Å². The highest BCUT2D eigenvalue weighted by atomic mass is 15.2. The Bertz CT molecular complexity index is 7960. The molecule has 602 valence electrons. The molecule has 0 unspecified atom stereocenters. The minimum atomic E-state index is -1.27. The number of para-hydroxylation sites is 4. The maximum atomic E-state index is 11.8. The van der Waals surface area contributed by atoms with Gasteiger partial charge in [-0.25, -0.2) is 0 Å². The molecule has 0 saturated carbocycles. The molecule has 0 radical (unpaired) electrons. The van der Waals surface area contributed by atoms with Gasteiger partial charge >= 0.3 is 0 Å². The van der Waals surface area contributed by atoms with Crippen LogP contribution in [0.5, 0.6) is 0 Å². The maximum absolute atomic E-state index is 11.8. The molecule has 0 bridgehead atoms. The lowest BCUT2D eigenvalue weighted by molar-refractivity contribution is 0.569. The van der Waals surface area contributed by atoms with Crippen molar-refractivity contribution in [2.75, 3.05) is 9.80 Å². The first kappa shape index (κ1) is 55.8. The summed E-state index contributed by atoms with van der Waals surface area (Å²) in [7, 11) is 0. The lowest BCUT2D eigenvalue weighted by atomic mass is 9.33. The van der Waals surface area contributed by atoms with Crippen LogP contribution in [-0.4, -0.2) is 15.8 Å². The van der Waals surface area contributed by atoms with E-state index < -0.39 is 177 Å². The molecule has 5 heteroatoms. The summed E-state index contributed by atoms with van der Waals surface area (Å²) >= 11 is 0. The Labute approximate surface area is 746 Å². The molecule has 0 spiro atoms. The van der Waals surface area contributed by atoms with E-state index in [0.717, 1.165) is 38.9 Å². The van der Waals surface area contributed by atoms with Gasteiger partial charge in [-0.15, -0.1) is 0 Å². The van der Waals surface area contributed by atoms with Crippen molar-refractivity contribution in [3.05, 3.63) is 304 Å². The van der Waals surface area contributed by atoms with E-state index in [1.807, 2.05) is 106 Å². The van der Waals surface area contributed by atoms with Gasteiger partial charge in [0, 0.05) is 77.9 Å². The fraction of sp³-hybridized carbons (Fsp3) is 0.316.